The van der Waals surface area contributed by atoms with Gasteiger partial charge in [-0.25, -0.2) is 4.39 Å². The van der Waals surface area contributed by atoms with E-state index in [1.807, 2.05) is 0 Å². The van der Waals surface area contributed by atoms with Crippen LogP contribution >= 0.6 is 0 Å². The lowest BCUT2D eigenvalue weighted by molar-refractivity contribution is -0.359. The second-order valence-electron chi connectivity index (χ2n) is 8.40. The molecule has 0 unspecified atom stereocenters. The van der Waals surface area contributed by atoms with E-state index in [4.69, 9.17) is 14.3 Å². The largest absolute Gasteiger partial charge is 0.497 e. The van der Waals surface area contributed by atoms with Crippen LogP contribution in [0.25, 0.3) is 0 Å². The summed E-state index contributed by atoms with van der Waals surface area (Å²) in [4.78, 5) is 17.7. The number of hydrogen-bond acceptors (Lipinski definition) is 5. The lowest BCUT2D eigenvalue weighted by Gasteiger charge is -2.29. The van der Waals surface area contributed by atoms with Crippen molar-refractivity contribution in [3.63, 3.8) is 0 Å². The average Bonchev–Trinajstić information content (AvgIpc) is 2.89. The smallest absolute Gasteiger partial charge is 0.460 e. The first kappa shape index (κ1) is 30.5. The predicted octanol–water partition coefficient (Wildman–Crippen LogP) is 7.24. The molecule has 3 rings (SSSR count). The molecular weight excluding hydrogens is 556 g/mol. The molecule has 0 aliphatic heterocycles. The van der Waals surface area contributed by atoms with Crippen LogP contribution in [-0.4, -0.2) is 32.2 Å². The first-order valence-electron chi connectivity index (χ1n) is 11.3. The van der Waals surface area contributed by atoms with Crippen molar-refractivity contribution in [3.05, 3.63) is 82.7 Å². The number of alkyl halides is 7. The third-order valence-corrected chi connectivity index (χ3v) is 5.66. The highest BCUT2D eigenvalue weighted by Crippen LogP contribution is 2.53. The minimum absolute atomic E-state index is 0.0273. The van der Waals surface area contributed by atoms with Crippen molar-refractivity contribution >= 4 is 17.3 Å². The van der Waals surface area contributed by atoms with E-state index in [0.29, 0.717) is 22.6 Å². The number of carbonyl (C=O) groups excluding carboxylic acids is 1. The van der Waals surface area contributed by atoms with E-state index < -0.39 is 53.4 Å². The number of methoxy groups -OCH3 is 1. The maximum Gasteiger partial charge on any atom is 0.460 e. The van der Waals surface area contributed by atoms with E-state index in [-0.39, 0.29) is 17.7 Å². The molecule has 0 aliphatic rings. The molecule has 2 N–H and O–H groups in total. The summed E-state index contributed by atoms with van der Waals surface area (Å²) in [5.41, 5.74) is 0.654. The molecule has 0 radical (unpaired) electrons. The Balaban J connectivity index is 2.06. The quantitative estimate of drug-likeness (QED) is 0.196. The summed E-state index contributed by atoms with van der Waals surface area (Å²) in [5.74, 6) is -15.6. The Hall–Kier alpha value is -4.07. The fourth-order valence-electron chi connectivity index (χ4n) is 3.47. The number of ether oxygens (including phenoxy) is 2. The molecule has 1 amide bonds. The zero-order valence-electron chi connectivity index (χ0n) is 21.1. The van der Waals surface area contributed by atoms with Gasteiger partial charge in [0.15, 0.2) is 5.82 Å². The SMILES string of the molecule is CONc1ccc(C)c(C(=O)Nc2c(F)cc(C(F)(F)C(F)(F)C(F)(F)F)cc2OCc2ccc(OC)cc2)c1. The van der Waals surface area contributed by atoms with Gasteiger partial charge in [-0.05, 0) is 54.4 Å². The highest BCUT2D eigenvalue weighted by atomic mass is 19.4. The van der Waals surface area contributed by atoms with Crippen LogP contribution in [0.4, 0.5) is 46.5 Å². The van der Waals surface area contributed by atoms with E-state index in [9.17, 15) is 35.5 Å². The second-order valence-corrected chi connectivity index (χ2v) is 8.40. The van der Waals surface area contributed by atoms with Gasteiger partial charge in [-0.3, -0.25) is 15.1 Å². The Bertz CT molecular complexity index is 1360. The molecule has 6 nitrogen and oxygen atoms in total. The molecule has 0 heterocycles. The van der Waals surface area contributed by atoms with Crippen molar-refractivity contribution in [1.82, 2.24) is 0 Å². The minimum Gasteiger partial charge on any atom is -0.497 e. The van der Waals surface area contributed by atoms with Crippen LogP contribution in [0, 0.1) is 12.7 Å². The molecule has 0 bridgehead atoms. The predicted molar refractivity (Wildman–Crippen MR) is 128 cm³/mol. The summed E-state index contributed by atoms with van der Waals surface area (Å²) in [5, 5.41) is 2.13. The van der Waals surface area contributed by atoms with Crippen molar-refractivity contribution in [2.45, 2.75) is 31.6 Å². The number of anilines is 2. The van der Waals surface area contributed by atoms with E-state index in [2.05, 4.69) is 10.8 Å². The minimum atomic E-state index is -6.65. The van der Waals surface area contributed by atoms with Crippen LogP contribution < -0.4 is 20.3 Å². The van der Waals surface area contributed by atoms with Crippen LogP contribution in [0.3, 0.4) is 0 Å². The summed E-state index contributed by atoms with van der Waals surface area (Å²) < 4.78 is 120. The molecule has 40 heavy (non-hydrogen) atoms. The summed E-state index contributed by atoms with van der Waals surface area (Å²) in [6.07, 6.45) is -6.65. The maximum absolute atomic E-state index is 15.1. The molecular formula is C26H22F8N2O4. The van der Waals surface area contributed by atoms with Crippen molar-refractivity contribution in [1.29, 1.82) is 0 Å². The number of hydrogen-bond donors (Lipinski definition) is 2. The number of rotatable bonds is 10. The number of carbonyl (C=O) groups is 1. The molecule has 216 valence electrons. The van der Waals surface area contributed by atoms with Gasteiger partial charge < -0.3 is 14.8 Å². The van der Waals surface area contributed by atoms with Crippen LogP contribution in [0.2, 0.25) is 0 Å². The number of halogens is 8. The monoisotopic (exact) mass is 578 g/mol. The van der Waals surface area contributed by atoms with Crippen molar-refractivity contribution < 1.29 is 54.2 Å². The summed E-state index contributed by atoms with van der Waals surface area (Å²) in [6.45, 7) is 1.06. The lowest BCUT2D eigenvalue weighted by atomic mass is 10.00. The van der Waals surface area contributed by atoms with Gasteiger partial charge in [-0.15, -0.1) is 0 Å². The van der Waals surface area contributed by atoms with E-state index in [1.54, 1.807) is 6.07 Å². The molecule has 0 spiro atoms. The zero-order chi connectivity index (χ0) is 29.9. The highest BCUT2D eigenvalue weighted by Gasteiger charge is 2.73. The van der Waals surface area contributed by atoms with Gasteiger partial charge in [-0.1, -0.05) is 18.2 Å². The Labute approximate surface area is 222 Å². The van der Waals surface area contributed by atoms with Crippen molar-refractivity contribution in [3.8, 4) is 11.5 Å². The van der Waals surface area contributed by atoms with Gasteiger partial charge in [0.05, 0.1) is 19.9 Å². The van der Waals surface area contributed by atoms with Crippen LogP contribution in [0.5, 0.6) is 11.5 Å². The number of amides is 1. The van der Waals surface area contributed by atoms with Gasteiger partial charge in [0, 0.05) is 11.1 Å². The summed E-state index contributed by atoms with van der Waals surface area (Å²) >= 11 is 0. The Morgan fingerprint density at radius 3 is 2.12 bits per heavy atom. The first-order chi connectivity index (χ1) is 18.6. The molecule has 14 heteroatoms. The third kappa shape index (κ3) is 6.22. The van der Waals surface area contributed by atoms with Gasteiger partial charge in [0.2, 0.25) is 0 Å². The van der Waals surface area contributed by atoms with Gasteiger partial charge in [-0.2, -0.15) is 30.7 Å². The summed E-state index contributed by atoms with van der Waals surface area (Å²) in [7, 11) is 2.70. The van der Waals surface area contributed by atoms with Gasteiger partial charge in [0.1, 0.15) is 23.8 Å². The zero-order valence-corrected chi connectivity index (χ0v) is 21.1. The molecule has 0 saturated heterocycles. The average molecular weight is 578 g/mol. The topological polar surface area (TPSA) is 68.8 Å². The van der Waals surface area contributed by atoms with E-state index >= 15 is 4.39 Å². The fourth-order valence-corrected chi connectivity index (χ4v) is 3.47. The standard InChI is InChI=1S/C26H22F8N2O4/c1-14-4-7-17(36-39-3)12-19(14)23(37)35-22-20(27)10-16(24(28,29)25(30,31)26(32,33)34)11-21(22)40-13-15-5-8-18(38-2)9-6-15/h4-12,36H,13H2,1-3H3,(H,35,37). The molecule has 3 aromatic rings. The third-order valence-electron chi connectivity index (χ3n) is 5.66. The Morgan fingerprint density at radius 1 is 0.900 bits per heavy atom. The fraction of sp³-hybridized carbons (Fsp3) is 0.269. The van der Waals surface area contributed by atoms with E-state index in [0.717, 1.165) is 0 Å². The molecule has 0 aromatic heterocycles. The normalized spacial score (nSPS) is 12.2. The molecule has 0 aliphatic carbocycles. The van der Waals surface area contributed by atoms with Gasteiger partial charge >= 0.3 is 18.0 Å². The number of aryl methyl sites for hydroxylation is 1. The number of nitrogens with one attached hydrogen (secondary N) is 2. The first-order valence-corrected chi connectivity index (χ1v) is 11.3. The summed E-state index contributed by atoms with van der Waals surface area (Å²) in [6, 6.07) is 10.2. The second kappa shape index (κ2) is 11.6. The molecule has 0 saturated carbocycles. The molecule has 0 atom stereocenters. The molecule has 0 fully saturated rings. The van der Waals surface area contributed by atoms with Crippen molar-refractivity contribution in [2.24, 2.45) is 0 Å². The van der Waals surface area contributed by atoms with Crippen molar-refractivity contribution in [2.75, 3.05) is 25.0 Å². The van der Waals surface area contributed by atoms with E-state index in [1.165, 1.54) is 57.5 Å². The van der Waals surface area contributed by atoms with Crippen LogP contribution in [0.15, 0.2) is 54.6 Å². The molecule has 3 aromatic carbocycles. The lowest BCUT2D eigenvalue weighted by Crippen LogP contribution is -2.50. The van der Waals surface area contributed by atoms with Crippen LogP contribution in [-0.2, 0) is 17.4 Å². The Kier molecular flexibility index (Phi) is 8.82. The van der Waals surface area contributed by atoms with Crippen LogP contribution in [0.1, 0.15) is 27.0 Å². The Morgan fingerprint density at radius 2 is 1.55 bits per heavy atom. The highest BCUT2D eigenvalue weighted by molar-refractivity contribution is 6.06. The number of benzene rings is 3. The maximum atomic E-state index is 15.1. The van der Waals surface area contributed by atoms with Gasteiger partial charge in [0.25, 0.3) is 5.91 Å².